The highest BCUT2D eigenvalue weighted by Crippen LogP contribution is 2.22. The Bertz CT molecular complexity index is 322. The standard InChI is InChI=1S/C13H26N4O2/c1-4-15-9(2)11-7-5-6-8-17(11)10(3)12(18)16-13(14)19/h9-11,15H,4-8H2,1-3H3,(H3,14,16,18,19). The first-order valence-corrected chi connectivity index (χ1v) is 7.06. The highest BCUT2D eigenvalue weighted by atomic mass is 16.2. The fraction of sp³-hybridized carbons (Fsp3) is 0.846. The van der Waals surface area contributed by atoms with E-state index in [2.05, 4.69) is 29.4 Å². The zero-order chi connectivity index (χ0) is 14.4. The summed E-state index contributed by atoms with van der Waals surface area (Å²) in [5.41, 5.74) is 5.00. The van der Waals surface area contributed by atoms with Crippen molar-refractivity contribution in [3.63, 3.8) is 0 Å². The van der Waals surface area contributed by atoms with E-state index >= 15 is 0 Å². The molecule has 110 valence electrons. The monoisotopic (exact) mass is 270 g/mol. The van der Waals surface area contributed by atoms with Crippen LogP contribution in [0.4, 0.5) is 4.79 Å². The number of carbonyl (C=O) groups excluding carboxylic acids is 2. The molecule has 6 heteroatoms. The van der Waals surface area contributed by atoms with Crippen LogP contribution in [0.1, 0.15) is 40.0 Å². The summed E-state index contributed by atoms with van der Waals surface area (Å²) in [6.45, 7) is 7.84. The highest BCUT2D eigenvalue weighted by Gasteiger charge is 2.33. The normalized spacial score (nSPS) is 23.6. The van der Waals surface area contributed by atoms with Gasteiger partial charge in [-0.1, -0.05) is 13.3 Å². The van der Waals surface area contributed by atoms with Crippen LogP contribution < -0.4 is 16.4 Å². The molecule has 1 aliphatic heterocycles. The molecule has 1 aliphatic rings. The molecule has 0 bridgehead atoms. The Morgan fingerprint density at radius 1 is 1.37 bits per heavy atom. The summed E-state index contributed by atoms with van der Waals surface area (Å²) in [7, 11) is 0. The first-order chi connectivity index (χ1) is 8.97. The van der Waals surface area contributed by atoms with Crippen LogP contribution in [-0.4, -0.2) is 48.1 Å². The predicted octanol–water partition coefficient (Wildman–Crippen LogP) is 0.422. The third kappa shape index (κ3) is 4.47. The summed E-state index contributed by atoms with van der Waals surface area (Å²) in [6, 6.07) is -0.472. The van der Waals surface area contributed by atoms with Gasteiger partial charge in [-0.3, -0.25) is 15.0 Å². The Morgan fingerprint density at radius 3 is 2.63 bits per heavy atom. The van der Waals surface area contributed by atoms with E-state index in [9.17, 15) is 9.59 Å². The Hall–Kier alpha value is -1.14. The summed E-state index contributed by atoms with van der Waals surface area (Å²) < 4.78 is 0. The van der Waals surface area contributed by atoms with Gasteiger partial charge >= 0.3 is 6.03 Å². The minimum Gasteiger partial charge on any atom is -0.351 e. The smallest absolute Gasteiger partial charge is 0.318 e. The number of urea groups is 1. The SMILES string of the molecule is CCNC(C)C1CCCCN1C(C)C(=O)NC(N)=O. The third-order valence-corrected chi connectivity index (χ3v) is 3.82. The molecule has 19 heavy (non-hydrogen) atoms. The lowest BCUT2D eigenvalue weighted by Gasteiger charge is -2.42. The summed E-state index contributed by atoms with van der Waals surface area (Å²) in [4.78, 5) is 24.9. The van der Waals surface area contributed by atoms with E-state index in [1.54, 1.807) is 0 Å². The average molecular weight is 270 g/mol. The van der Waals surface area contributed by atoms with Crippen LogP contribution in [-0.2, 0) is 4.79 Å². The van der Waals surface area contributed by atoms with Crippen molar-refractivity contribution >= 4 is 11.9 Å². The van der Waals surface area contributed by atoms with Gasteiger partial charge in [-0.05, 0) is 39.8 Å². The second-order valence-corrected chi connectivity index (χ2v) is 5.18. The van der Waals surface area contributed by atoms with Crippen LogP contribution in [0.15, 0.2) is 0 Å². The minimum atomic E-state index is -0.787. The molecule has 0 spiro atoms. The van der Waals surface area contributed by atoms with Crippen molar-refractivity contribution in [3.05, 3.63) is 0 Å². The molecule has 0 saturated carbocycles. The van der Waals surface area contributed by atoms with Crippen molar-refractivity contribution in [2.24, 2.45) is 5.73 Å². The first-order valence-electron chi connectivity index (χ1n) is 7.06. The van der Waals surface area contributed by atoms with E-state index in [-0.39, 0.29) is 11.9 Å². The molecule has 1 heterocycles. The van der Waals surface area contributed by atoms with Crippen LogP contribution in [0.5, 0.6) is 0 Å². The molecule has 0 aromatic heterocycles. The lowest BCUT2D eigenvalue weighted by atomic mass is 9.94. The number of piperidine rings is 1. The van der Waals surface area contributed by atoms with E-state index in [1.807, 2.05) is 6.92 Å². The molecule has 0 aromatic rings. The van der Waals surface area contributed by atoms with Crippen molar-refractivity contribution in [1.82, 2.24) is 15.5 Å². The zero-order valence-corrected chi connectivity index (χ0v) is 12.1. The molecular weight excluding hydrogens is 244 g/mol. The van der Waals surface area contributed by atoms with Crippen LogP contribution in [0.25, 0.3) is 0 Å². The predicted molar refractivity (Wildman–Crippen MR) is 74.7 cm³/mol. The van der Waals surface area contributed by atoms with Gasteiger partial charge in [-0.2, -0.15) is 0 Å². The number of nitrogens with zero attached hydrogens (tertiary/aromatic N) is 1. The number of likely N-dealkylation sites (tertiary alicyclic amines) is 1. The van der Waals surface area contributed by atoms with Gasteiger partial charge in [0.15, 0.2) is 0 Å². The molecule has 1 rings (SSSR count). The number of hydrogen-bond acceptors (Lipinski definition) is 4. The number of hydrogen-bond donors (Lipinski definition) is 3. The molecule has 3 unspecified atom stereocenters. The third-order valence-electron chi connectivity index (χ3n) is 3.82. The van der Waals surface area contributed by atoms with Gasteiger partial charge in [0, 0.05) is 12.1 Å². The van der Waals surface area contributed by atoms with Gasteiger partial charge in [0.05, 0.1) is 6.04 Å². The molecule has 1 fully saturated rings. The van der Waals surface area contributed by atoms with Crippen molar-refractivity contribution in [3.8, 4) is 0 Å². The molecule has 6 nitrogen and oxygen atoms in total. The maximum Gasteiger partial charge on any atom is 0.318 e. The van der Waals surface area contributed by atoms with E-state index in [4.69, 9.17) is 5.73 Å². The molecule has 1 saturated heterocycles. The summed E-state index contributed by atoms with van der Waals surface area (Å²) in [5.74, 6) is -0.317. The number of rotatable bonds is 5. The van der Waals surface area contributed by atoms with Crippen molar-refractivity contribution in [2.75, 3.05) is 13.1 Å². The van der Waals surface area contributed by atoms with E-state index in [1.165, 1.54) is 6.42 Å². The largest absolute Gasteiger partial charge is 0.351 e. The van der Waals surface area contributed by atoms with E-state index in [0.717, 1.165) is 25.9 Å². The first kappa shape index (κ1) is 15.9. The van der Waals surface area contributed by atoms with Gasteiger partial charge in [-0.25, -0.2) is 4.79 Å². The summed E-state index contributed by atoms with van der Waals surface area (Å²) >= 11 is 0. The minimum absolute atomic E-state index is 0.317. The average Bonchev–Trinajstić information content (AvgIpc) is 2.37. The van der Waals surface area contributed by atoms with Crippen molar-refractivity contribution in [1.29, 1.82) is 0 Å². The van der Waals surface area contributed by atoms with Gasteiger partial charge in [0.2, 0.25) is 5.91 Å². The van der Waals surface area contributed by atoms with Crippen LogP contribution in [0.3, 0.4) is 0 Å². The molecule has 3 atom stereocenters. The molecule has 0 aliphatic carbocycles. The second-order valence-electron chi connectivity index (χ2n) is 5.18. The fourth-order valence-electron chi connectivity index (χ4n) is 2.83. The topological polar surface area (TPSA) is 87.5 Å². The molecule has 4 N–H and O–H groups in total. The molecule has 0 aromatic carbocycles. The van der Waals surface area contributed by atoms with Crippen molar-refractivity contribution in [2.45, 2.75) is 58.2 Å². The number of likely N-dealkylation sites (N-methyl/N-ethyl adjacent to an activating group) is 1. The maximum atomic E-state index is 11.9. The number of primary amides is 1. The summed E-state index contributed by atoms with van der Waals surface area (Å²) in [6.07, 6.45) is 3.34. The molecular formula is C13H26N4O2. The molecule has 0 radical (unpaired) electrons. The number of amides is 3. The maximum absolute atomic E-state index is 11.9. The highest BCUT2D eigenvalue weighted by molar-refractivity contribution is 5.96. The Labute approximate surface area is 115 Å². The van der Waals surface area contributed by atoms with Crippen LogP contribution in [0, 0.1) is 0 Å². The van der Waals surface area contributed by atoms with E-state index in [0.29, 0.717) is 12.1 Å². The summed E-state index contributed by atoms with van der Waals surface area (Å²) in [5, 5.41) is 5.58. The Kier molecular flexibility index (Phi) is 6.24. The van der Waals surface area contributed by atoms with Gasteiger partial charge in [0.25, 0.3) is 0 Å². The second kappa shape index (κ2) is 7.45. The van der Waals surface area contributed by atoms with Crippen LogP contribution in [0.2, 0.25) is 0 Å². The molecule has 3 amide bonds. The van der Waals surface area contributed by atoms with Gasteiger partial charge in [-0.15, -0.1) is 0 Å². The van der Waals surface area contributed by atoms with Gasteiger partial charge in [0.1, 0.15) is 0 Å². The lowest BCUT2D eigenvalue weighted by molar-refractivity contribution is -0.126. The fourth-order valence-corrected chi connectivity index (χ4v) is 2.83. The Balaban J connectivity index is 2.70. The zero-order valence-electron chi connectivity index (χ0n) is 12.1. The number of imide groups is 1. The van der Waals surface area contributed by atoms with Crippen LogP contribution >= 0.6 is 0 Å². The van der Waals surface area contributed by atoms with E-state index < -0.39 is 6.03 Å². The number of nitrogens with two attached hydrogens (primary N) is 1. The lowest BCUT2D eigenvalue weighted by Crippen LogP contribution is -2.58. The van der Waals surface area contributed by atoms with Gasteiger partial charge < -0.3 is 11.1 Å². The number of carbonyl (C=O) groups is 2. The Morgan fingerprint density at radius 2 is 2.05 bits per heavy atom. The quantitative estimate of drug-likeness (QED) is 0.676. The number of nitrogens with one attached hydrogen (secondary N) is 2. The van der Waals surface area contributed by atoms with Crippen molar-refractivity contribution < 1.29 is 9.59 Å².